The maximum atomic E-state index is 14.5. The van der Waals surface area contributed by atoms with Gasteiger partial charge < -0.3 is 34.1 Å². The number of likely N-dealkylation sites (tertiary alicyclic amines) is 1. The lowest BCUT2D eigenvalue weighted by molar-refractivity contribution is -0.143. The summed E-state index contributed by atoms with van der Waals surface area (Å²) in [5.41, 5.74) is -0.620. The minimum atomic E-state index is -4.51. The number of hydrogen-bond donors (Lipinski definition) is 1. The predicted molar refractivity (Wildman–Crippen MR) is 156 cm³/mol. The summed E-state index contributed by atoms with van der Waals surface area (Å²) >= 11 is 0. The van der Waals surface area contributed by atoms with Crippen molar-refractivity contribution >= 4 is 12.0 Å². The molecular weight excluding hydrogens is 593 g/mol. The topological polar surface area (TPSA) is 102 Å². The number of carbonyl (C=O) groups excluding carboxylic acids is 2. The van der Waals surface area contributed by atoms with Crippen LogP contribution in [0.4, 0.5) is 18.0 Å². The molecule has 6 rings (SSSR count). The fraction of sp³-hybridized carbons (Fsp3) is 0.781. The molecule has 5 aliphatic rings. The highest BCUT2D eigenvalue weighted by molar-refractivity contribution is 5.86. The van der Waals surface area contributed by atoms with E-state index in [2.05, 4.69) is 10.3 Å². The molecule has 10 nitrogen and oxygen atoms in total. The summed E-state index contributed by atoms with van der Waals surface area (Å²) < 4.78 is 62.7. The first-order chi connectivity index (χ1) is 21.7. The van der Waals surface area contributed by atoms with Gasteiger partial charge in [-0.15, -0.1) is 0 Å². The Morgan fingerprint density at radius 1 is 1.16 bits per heavy atom. The highest BCUT2D eigenvalue weighted by Crippen LogP contribution is 2.51. The molecule has 5 unspecified atom stereocenters. The Bertz CT molecular complexity index is 1210. The highest BCUT2D eigenvalue weighted by atomic mass is 19.4. The number of hydrogen-bond acceptors (Lipinski definition) is 8. The Labute approximate surface area is 262 Å². The highest BCUT2D eigenvalue weighted by Gasteiger charge is 2.60. The summed E-state index contributed by atoms with van der Waals surface area (Å²) in [6.07, 6.45) is 1.25. The summed E-state index contributed by atoms with van der Waals surface area (Å²) in [5, 5.41) is 3.70. The fourth-order valence-electron chi connectivity index (χ4n) is 8.07. The first-order valence-electron chi connectivity index (χ1n) is 16.3. The van der Waals surface area contributed by atoms with Crippen LogP contribution in [0.1, 0.15) is 55.3 Å². The minimum absolute atomic E-state index is 0.0118. The molecule has 5 atom stereocenters. The van der Waals surface area contributed by atoms with Crippen LogP contribution in [-0.4, -0.2) is 105 Å². The number of ether oxygens (including phenoxy) is 4. The van der Waals surface area contributed by atoms with E-state index in [0.29, 0.717) is 68.8 Å². The molecule has 4 aliphatic heterocycles. The number of amides is 2. The van der Waals surface area contributed by atoms with Crippen molar-refractivity contribution in [3.05, 3.63) is 29.1 Å². The molecular formula is C32H45F3N4O6. The maximum Gasteiger partial charge on any atom is 0.417 e. The number of aromatic nitrogens is 1. The van der Waals surface area contributed by atoms with Crippen LogP contribution < -0.4 is 5.32 Å². The van der Waals surface area contributed by atoms with Crippen molar-refractivity contribution in [3.8, 4) is 0 Å². The van der Waals surface area contributed by atoms with Crippen LogP contribution in [0.3, 0.4) is 0 Å². The molecule has 45 heavy (non-hydrogen) atoms. The van der Waals surface area contributed by atoms with Gasteiger partial charge in [-0.2, -0.15) is 13.2 Å². The minimum Gasteiger partial charge on any atom is -0.449 e. The lowest BCUT2D eigenvalue weighted by Gasteiger charge is -2.37. The van der Waals surface area contributed by atoms with Gasteiger partial charge in [0.05, 0.1) is 30.3 Å². The summed E-state index contributed by atoms with van der Waals surface area (Å²) in [6.45, 7) is 4.91. The first-order valence-corrected chi connectivity index (χ1v) is 16.3. The number of methoxy groups -OCH3 is 1. The van der Waals surface area contributed by atoms with Crippen LogP contribution in [0.5, 0.6) is 0 Å². The second-order valence-corrected chi connectivity index (χ2v) is 13.4. The lowest BCUT2D eigenvalue weighted by atomic mass is 9.78. The Kier molecular flexibility index (Phi) is 9.89. The van der Waals surface area contributed by atoms with Crippen molar-refractivity contribution in [1.82, 2.24) is 20.1 Å². The van der Waals surface area contributed by atoms with E-state index >= 15 is 0 Å². The van der Waals surface area contributed by atoms with E-state index in [1.165, 1.54) is 0 Å². The van der Waals surface area contributed by atoms with Gasteiger partial charge in [-0.25, -0.2) is 4.79 Å². The second-order valence-electron chi connectivity index (χ2n) is 13.4. The maximum absolute atomic E-state index is 14.5. The molecule has 3 saturated heterocycles. The van der Waals surface area contributed by atoms with Gasteiger partial charge in [0.1, 0.15) is 0 Å². The molecule has 0 bridgehead atoms. The van der Waals surface area contributed by atoms with Crippen molar-refractivity contribution in [2.75, 3.05) is 66.3 Å². The zero-order valence-electron chi connectivity index (χ0n) is 26.0. The van der Waals surface area contributed by atoms with E-state index < -0.39 is 23.2 Å². The number of nitrogens with one attached hydrogen (secondary N) is 1. The number of alkyl halides is 3. The third kappa shape index (κ3) is 7.11. The van der Waals surface area contributed by atoms with Crippen molar-refractivity contribution < 1.29 is 41.7 Å². The molecule has 1 aromatic rings. The molecule has 1 aliphatic carbocycles. The van der Waals surface area contributed by atoms with E-state index in [4.69, 9.17) is 18.9 Å². The zero-order valence-corrected chi connectivity index (χ0v) is 26.0. The Balaban J connectivity index is 1.15. The largest absolute Gasteiger partial charge is 0.449 e. The quantitative estimate of drug-likeness (QED) is 0.461. The average Bonchev–Trinajstić information content (AvgIpc) is 3.58. The normalized spacial score (nSPS) is 30.7. The zero-order chi connectivity index (χ0) is 31.6. The molecule has 1 saturated carbocycles. The van der Waals surface area contributed by atoms with E-state index in [1.807, 2.05) is 0 Å². The Morgan fingerprint density at radius 2 is 1.96 bits per heavy atom. The number of fused-ring (bicyclic) bond motifs is 2. The van der Waals surface area contributed by atoms with E-state index in [-0.39, 0.29) is 37.1 Å². The number of nitrogens with zero attached hydrogens (tertiary/aromatic N) is 3. The third-order valence-corrected chi connectivity index (χ3v) is 10.7. The van der Waals surface area contributed by atoms with Gasteiger partial charge in [0.15, 0.2) is 0 Å². The van der Waals surface area contributed by atoms with E-state index in [1.54, 1.807) is 16.9 Å². The summed E-state index contributed by atoms with van der Waals surface area (Å²) in [5.74, 6) is 0.594. The van der Waals surface area contributed by atoms with Crippen LogP contribution in [0, 0.1) is 23.2 Å². The number of halogens is 3. The molecule has 2 amide bonds. The van der Waals surface area contributed by atoms with Gasteiger partial charge in [0.2, 0.25) is 5.91 Å². The SMILES string of the molecule is COC1COCCC1CNC1CC2CN(C(=O)OCCC3CCOCC3)CC2(C(=O)N2CCc3ncc(C(F)(F)F)cc3C2)C1. The standard InChI is InChI=1S/C32H45F3N4O6/c1-42-28-19-44-10-6-22(28)15-36-26-13-25-18-39(30(41)45-11-5-21-3-8-43-9-4-21)20-31(25,14-26)29(40)38-7-2-27-23(17-38)12-24(16-37-27)32(33,34)35/h12,16,21-22,25-26,28,36H,2-11,13-15,17-20H2,1H3. The smallest absolute Gasteiger partial charge is 0.417 e. The van der Waals surface area contributed by atoms with Crippen LogP contribution in [0.25, 0.3) is 0 Å². The van der Waals surface area contributed by atoms with E-state index in [9.17, 15) is 22.8 Å². The Morgan fingerprint density at radius 3 is 2.73 bits per heavy atom. The van der Waals surface area contributed by atoms with Gasteiger partial charge in [-0.1, -0.05) is 0 Å². The van der Waals surface area contributed by atoms with Gasteiger partial charge in [0, 0.05) is 89.9 Å². The van der Waals surface area contributed by atoms with Crippen molar-refractivity contribution in [2.24, 2.45) is 23.2 Å². The molecule has 250 valence electrons. The van der Waals surface area contributed by atoms with E-state index in [0.717, 1.165) is 64.1 Å². The summed E-state index contributed by atoms with van der Waals surface area (Å²) in [7, 11) is 1.70. The lowest BCUT2D eigenvalue weighted by Crippen LogP contribution is -2.50. The fourth-order valence-corrected chi connectivity index (χ4v) is 8.07. The summed E-state index contributed by atoms with van der Waals surface area (Å²) in [4.78, 5) is 35.1. The molecule has 5 heterocycles. The predicted octanol–water partition coefficient (Wildman–Crippen LogP) is 3.66. The second kappa shape index (κ2) is 13.7. The number of pyridine rings is 1. The van der Waals surface area contributed by atoms with Gasteiger partial charge in [-0.05, 0) is 62.0 Å². The molecule has 0 aromatic carbocycles. The van der Waals surface area contributed by atoms with Crippen molar-refractivity contribution in [1.29, 1.82) is 0 Å². The van der Waals surface area contributed by atoms with Crippen molar-refractivity contribution in [2.45, 2.75) is 69.8 Å². The molecule has 0 radical (unpaired) electrons. The average molecular weight is 639 g/mol. The molecule has 13 heteroatoms. The molecule has 0 spiro atoms. The van der Waals surface area contributed by atoms with Gasteiger partial charge in [0.25, 0.3) is 0 Å². The molecule has 4 fully saturated rings. The number of carbonyl (C=O) groups is 2. The van der Waals surface area contributed by atoms with Gasteiger partial charge >= 0.3 is 12.3 Å². The molecule has 1 N–H and O–H groups in total. The monoisotopic (exact) mass is 638 g/mol. The van der Waals surface area contributed by atoms with Crippen LogP contribution in [0.15, 0.2) is 12.3 Å². The van der Waals surface area contributed by atoms with Gasteiger partial charge in [-0.3, -0.25) is 9.78 Å². The van der Waals surface area contributed by atoms with Crippen LogP contribution in [-0.2, 0) is 42.9 Å². The first kappa shape index (κ1) is 32.5. The van der Waals surface area contributed by atoms with Crippen LogP contribution in [0.2, 0.25) is 0 Å². The summed E-state index contributed by atoms with van der Waals surface area (Å²) in [6, 6.07) is 1.19. The van der Waals surface area contributed by atoms with Crippen molar-refractivity contribution in [3.63, 3.8) is 0 Å². The van der Waals surface area contributed by atoms with Crippen LogP contribution >= 0.6 is 0 Å². The Hall–Kier alpha value is -2.48. The number of rotatable bonds is 8. The molecule has 1 aromatic heterocycles. The third-order valence-electron chi connectivity index (χ3n) is 10.7.